The fraction of sp³-hybridized carbons (Fsp3) is 0.884. The molecule has 0 aromatic carbocycles. The molecule has 0 atom stereocenters. The normalized spacial score (nSPS) is 11.9. The van der Waals surface area contributed by atoms with Crippen LogP contribution in [-0.2, 0) is 6.54 Å². The van der Waals surface area contributed by atoms with Gasteiger partial charge in [-0.25, -0.2) is 4.57 Å². The van der Waals surface area contributed by atoms with Crippen molar-refractivity contribution >= 4 is 0 Å². The van der Waals surface area contributed by atoms with Gasteiger partial charge in [-0.15, -0.1) is 0 Å². The Bertz CT molecular complexity index is 645. The number of rotatable bonds is 35. The molecule has 1 heterocycles. The fourth-order valence-electron chi connectivity index (χ4n) is 7.49. The van der Waals surface area contributed by atoms with Crippen molar-refractivity contribution in [2.45, 2.75) is 239 Å². The average molecular weight is 613 g/mol. The highest BCUT2D eigenvalue weighted by atomic mass is 14.9. The van der Waals surface area contributed by atoms with Crippen molar-refractivity contribution in [3.63, 3.8) is 0 Å². The van der Waals surface area contributed by atoms with Crippen LogP contribution in [0.15, 0.2) is 30.6 Å². The van der Waals surface area contributed by atoms with E-state index in [9.17, 15) is 0 Å². The van der Waals surface area contributed by atoms with Crippen LogP contribution in [-0.4, -0.2) is 0 Å². The number of nitrogens with zero attached hydrogens (tertiary/aromatic N) is 1. The third kappa shape index (κ3) is 25.4. The predicted molar refractivity (Wildman–Crippen MR) is 198 cm³/mol. The van der Waals surface area contributed by atoms with Gasteiger partial charge in [0.05, 0.1) is 0 Å². The Kier molecular flexibility index (Phi) is 30.0. The van der Waals surface area contributed by atoms with Gasteiger partial charge in [-0.3, -0.25) is 0 Å². The molecule has 0 amide bonds. The van der Waals surface area contributed by atoms with Gasteiger partial charge in [-0.1, -0.05) is 213 Å². The summed E-state index contributed by atoms with van der Waals surface area (Å²) in [6, 6.07) is 6.60. The third-order valence-electron chi connectivity index (χ3n) is 10.6. The zero-order chi connectivity index (χ0) is 31.7. The molecule has 0 unspecified atom stereocenters. The van der Waals surface area contributed by atoms with Crippen molar-refractivity contribution in [2.24, 2.45) is 5.41 Å². The van der Waals surface area contributed by atoms with Crippen LogP contribution < -0.4 is 4.57 Å². The summed E-state index contributed by atoms with van der Waals surface area (Å²) in [5, 5.41) is 0. The topological polar surface area (TPSA) is 3.88 Å². The van der Waals surface area contributed by atoms with Crippen LogP contribution in [0.1, 0.15) is 233 Å². The van der Waals surface area contributed by atoms with Crippen molar-refractivity contribution in [3.8, 4) is 0 Å². The molecule has 0 fully saturated rings. The minimum atomic E-state index is 0.560. The number of unbranched alkanes of at least 4 members (excludes halogenated alkanes) is 26. The summed E-state index contributed by atoms with van der Waals surface area (Å²) >= 11 is 0. The van der Waals surface area contributed by atoms with Crippen LogP contribution in [0, 0.1) is 5.41 Å². The molecular formula is C43H82N+. The Labute approximate surface area is 279 Å². The van der Waals surface area contributed by atoms with E-state index >= 15 is 0 Å². The lowest BCUT2D eigenvalue weighted by molar-refractivity contribution is -0.699. The molecule has 0 radical (unpaired) electrons. The van der Waals surface area contributed by atoms with Crippen LogP contribution in [0.25, 0.3) is 0 Å². The predicted octanol–water partition coefficient (Wildman–Crippen LogP) is 14.9. The Morgan fingerprint density at radius 2 is 0.591 bits per heavy atom. The maximum absolute atomic E-state index is 2.46. The molecular weight excluding hydrogens is 530 g/mol. The molecule has 0 bridgehead atoms. The number of pyridine rings is 1. The molecule has 1 rings (SSSR count). The lowest BCUT2D eigenvalue weighted by atomic mass is 9.71. The Morgan fingerprint density at radius 1 is 0.318 bits per heavy atom. The standard InChI is InChI=1S/C43H82N/c1-4-7-10-13-16-19-20-23-26-29-33-38-43(39-42-44-40-34-30-35-41-44,36-31-27-24-21-17-14-11-8-5-2)37-32-28-25-22-18-15-12-9-6-3/h30,34-35,40-41H,4-29,31-33,36-39,42H2,1-3H3/q+1. The van der Waals surface area contributed by atoms with Gasteiger partial charge >= 0.3 is 0 Å². The van der Waals surface area contributed by atoms with Gasteiger partial charge in [0.15, 0.2) is 12.4 Å². The van der Waals surface area contributed by atoms with Gasteiger partial charge in [0, 0.05) is 18.6 Å². The number of aryl methyl sites for hydroxylation is 1. The summed E-state index contributed by atoms with van der Waals surface area (Å²) in [6.45, 7) is 8.18. The molecule has 0 saturated carbocycles. The molecule has 44 heavy (non-hydrogen) atoms. The Morgan fingerprint density at radius 3 is 0.886 bits per heavy atom. The number of aromatic nitrogens is 1. The molecule has 1 nitrogen and oxygen atoms in total. The van der Waals surface area contributed by atoms with Crippen molar-refractivity contribution in [1.82, 2.24) is 0 Å². The van der Waals surface area contributed by atoms with E-state index in [0.29, 0.717) is 5.41 Å². The highest BCUT2D eigenvalue weighted by Crippen LogP contribution is 2.41. The Balaban J connectivity index is 2.59. The van der Waals surface area contributed by atoms with Gasteiger partial charge in [0.2, 0.25) is 0 Å². The SMILES string of the molecule is CCCCCCCCCCCCCC(CCCCCCCCCCC)(CCCCCCCCCCC)CC[n+]1ccccc1. The van der Waals surface area contributed by atoms with Crippen LogP contribution in [0.5, 0.6) is 0 Å². The molecule has 0 aliphatic rings. The van der Waals surface area contributed by atoms with Crippen LogP contribution in [0.2, 0.25) is 0 Å². The molecule has 258 valence electrons. The summed E-state index contributed by atoms with van der Waals surface area (Å²) < 4.78 is 2.46. The van der Waals surface area contributed by atoms with Crippen molar-refractivity contribution < 1.29 is 4.57 Å². The number of hydrogen-bond acceptors (Lipinski definition) is 0. The van der Waals surface area contributed by atoms with Crippen LogP contribution in [0.3, 0.4) is 0 Å². The quantitative estimate of drug-likeness (QED) is 0.0530. The maximum Gasteiger partial charge on any atom is 0.168 e. The van der Waals surface area contributed by atoms with E-state index in [4.69, 9.17) is 0 Å². The summed E-state index contributed by atoms with van der Waals surface area (Å²) in [4.78, 5) is 0. The second-order valence-corrected chi connectivity index (χ2v) is 14.8. The zero-order valence-corrected chi connectivity index (χ0v) is 30.9. The second-order valence-electron chi connectivity index (χ2n) is 14.8. The molecule has 0 spiro atoms. The van der Waals surface area contributed by atoms with E-state index in [0.717, 1.165) is 0 Å². The van der Waals surface area contributed by atoms with Crippen molar-refractivity contribution in [3.05, 3.63) is 30.6 Å². The van der Waals surface area contributed by atoms with E-state index < -0.39 is 0 Å². The highest BCUT2D eigenvalue weighted by molar-refractivity contribution is 4.84. The fourth-order valence-corrected chi connectivity index (χ4v) is 7.49. The molecule has 1 heteroatoms. The minimum absolute atomic E-state index is 0.560. The minimum Gasteiger partial charge on any atom is -0.205 e. The second kappa shape index (κ2) is 32.1. The van der Waals surface area contributed by atoms with Gasteiger partial charge in [0.1, 0.15) is 6.54 Å². The van der Waals surface area contributed by atoms with E-state index in [1.54, 1.807) is 0 Å². The molecule has 0 saturated heterocycles. The zero-order valence-electron chi connectivity index (χ0n) is 30.9. The molecule has 1 aromatic rings. The van der Waals surface area contributed by atoms with E-state index in [2.05, 4.69) is 55.9 Å². The van der Waals surface area contributed by atoms with E-state index in [1.165, 1.54) is 218 Å². The summed E-state index contributed by atoms with van der Waals surface area (Å²) in [5.74, 6) is 0. The lowest BCUT2D eigenvalue weighted by Gasteiger charge is -2.34. The average Bonchev–Trinajstić information content (AvgIpc) is 3.05. The van der Waals surface area contributed by atoms with Gasteiger partial charge in [-0.2, -0.15) is 0 Å². The first kappa shape index (κ1) is 41.2. The molecule has 0 N–H and O–H groups in total. The van der Waals surface area contributed by atoms with E-state index in [1.807, 2.05) is 0 Å². The van der Waals surface area contributed by atoms with Crippen molar-refractivity contribution in [1.29, 1.82) is 0 Å². The smallest absolute Gasteiger partial charge is 0.168 e. The molecule has 1 aromatic heterocycles. The third-order valence-corrected chi connectivity index (χ3v) is 10.6. The largest absolute Gasteiger partial charge is 0.205 e. The molecule has 0 aliphatic carbocycles. The van der Waals surface area contributed by atoms with Crippen molar-refractivity contribution in [2.75, 3.05) is 0 Å². The molecule has 0 aliphatic heterocycles. The summed E-state index contributed by atoms with van der Waals surface area (Å²) in [7, 11) is 0. The Hall–Kier alpha value is -0.850. The first-order valence-corrected chi connectivity index (χ1v) is 20.7. The van der Waals surface area contributed by atoms with Gasteiger partial charge in [-0.05, 0) is 24.7 Å². The van der Waals surface area contributed by atoms with Gasteiger partial charge in [0.25, 0.3) is 0 Å². The summed E-state index contributed by atoms with van der Waals surface area (Å²) in [5.41, 5.74) is 0.560. The van der Waals surface area contributed by atoms with Crippen LogP contribution in [0.4, 0.5) is 0 Å². The number of hydrogen-bond donors (Lipinski definition) is 0. The summed E-state index contributed by atoms with van der Waals surface area (Å²) in [6.07, 6.45) is 52.5. The monoisotopic (exact) mass is 613 g/mol. The van der Waals surface area contributed by atoms with Crippen LogP contribution >= 0.6 is 0 Å². The highest BCUT2D eigenvalue weighted by Gasteiger charge is 2.30. The first-order valence-electron chi connectivity index (χ1n) is 20.7. The lowest BCUT2D eigenvalue weighted by Crippen LogP contribution is -2.36. The maximum atomic E-state index is 2.46. The first-order chi connectivity index (χ1) is 21.8. The van der Waals surface area contributed by atoms with Gasteiger partial charge < -0.3 is 0 Å². The van der Waals surface area contributed by atoms with E-state index in [-0.39, 0.29) is 0 Å².